The predicted octanol–water partition coefficient (Wildman–Crippen LogP) is 2.38. The van der Waals surface area contributed by atoms with Gasteiger partial charge in [-0.25, -0.2) is 0 Å². The van der Waals surface area contributed by atoms with Crippen molar-refractivity contribution >= 4 is 35.6 Å². The third kappa shape index (κ3) is 5.02. The Bertz CT molecular complexity index is 512. The third-order valence-corrected chi connectivity index (χ3v) is 4.15. The van der Waals surface area contributed by atoms with Gasteiger partial charge in [0.2, 0.25) is 5.91 Å². The molecule has 2 atom stereocenters. The molecule has 0 bridgehead atoms. The fourth-order valence-corrected chi connectivity index (χ4v) is 2.84. The summed E-state index contributed by atoms with van der Waals surface area (Å²) in [6.45, 7) is 4.21. The molecular weight excluding hydrogens is 325 g/mol. The average Bonchev–Trinajstić information content (AvgIpc) is 2.87. The van der Waals surface area contributed by atoms with E-state index in [-0.39, 0.29) is 24.4 Å². The highest BCUT2D eigenvalue weighted by molar-refractivity contribution is 6.32. The van der Waals surface area contributed by atoms with Crippen LogP contribution < -0.4 is 15.8 Å². The zero-order chi connectivity index (χ0) is 15.4. The van der Waals surface area contributed by atoms with Crippen LogP contribution in [0.25, 0.3) is 0 Å². The first-order valence-electron chi connectivity index (χ1n) is 7.11. The van der Waals surface area contributed by atoms with Gasteiger partial charge in [-0.3, -0.25) is 9.69 Å². The van der Waals surface area contributed by atoms with Crippen LogP contribution >= 0.6 is 24.0 Å². The molecule has 22 heavy (non-hydrogen) atoms. The molecule has 1 aromatic carbocycles. The van der Waals surface area contributed by atoms with Crippen LogP contribution in [-0.2, 0) is 4.79 Å². The van der Waals surface area contributed by atoms with Gasteiger partial charge in [-0.2, -0.15) is 0 Å². The standard InChI is InChI=1S/C15H22ClN3O2.ClH/c1-10(17)11-5-6-19(8-11)9-15(20)18-12-3-4-14(21-2)13(16)7-12;/h3-4,7,10-11H,5-6,8-9,17H2,1-2H3,(H,18,20);1H. The summed E-state index contributed by atoms with van der Waals surface area (Å²) in [7, 11) is 1.56. The molecule has 1 aliphatic rings. The van der Waals surface area contributed by atoms with E-state index in [9.17, 15) is 4.79 Å². The number of hydrogen-bond acceptors (Lipinski definition) is 4. The molecule has 0 saturated carbocycles. The van der Waals surface area contributed by atoms with Crippen molar-refractivity contribution in [3.05, 3.63) is 23.2 Å². The van der Waals surface area contributed by atoms with Gasteiger partial charge in [-0.15, -0.1) is 12.4 Å². The summed E-state index contributed by atoms with van der Waals surface area (Å²) in [6.07, 6.45) is 1.05. The van der Waals surface area contributed by atoms with Crippen molar-refractivity contribution in [2.75, 3.05) is 32.1 Å². The monoisotopic (exact) mass is 347 g/mol. The topological polar surface area (TPSA) is 67.6 Å². The Labute approximate surface area is 142 Å². The minimum atomic E-state index is -0.0402. The van der Waals surface area contributed by atoms with E-state index in [1.165, 1.54) is 0 Å². The number of anilines is 1. The van der Waals surface area contributed by atoms with Crippen LogP contribution in [0.4, 0.5) is 5.69 Å². The highest BCUT2D eigenvalue weighted by Gasteiger charge is 2.26. The lowest BCUT2D eigenvalue weighted by atomic mass is 10.0. The van der Waals surface area contributed by atoms with Crippen molar-refractivity contribution < 1.29 is 9.53 Å². The summed E-state index contributed by atoms with van der Waals surface area (Å²) in [5, 5.41) is 3.33. The van der Waals surface area contributed by atoms with Crippen molar-refractivity contribution in [3.63, 3.8) is 0 Å². The molecule has 2 rings (SSSR count). The Morgan fingerprint density at radius 2 is 2.32 bits per heavy atom. The summed E-state index contributed by atoms with van der Waals surface area (Å²) < 4.78 is 5.08. The molecule has 3 N–H and O–H groups in total. The first-order valence-corrected chi connectivity index (χ1v) is 7.48. The number of carbonyl (C=O) groups excluding carboxylic acids is 1. The summed E-state index contributed by atoms with van der Waals surface area (Å²) in [5.41, 5.74) is 6.58. The molecule has 0 aliphatic carbocycles. The lowest BCUT2D eigenvalue weighted by molar-refractivity contribution is -0.117. The van der Waals surface area contributed by atoms with Gasteiger partial charge in [-0.1, -0.05) is 11.6 Å². The summed E-state index contributed by atoms with van der Waals surface area (Å²) in [4.78, 5) is 14.2. The zero-order valence-corrected chi connectivity index (χ0v) is 14.4. The number of carbonyl (C=O) groups is 1. The fourth-order valence-electron chi connectivity index (χ4n) is 2.58. The number of nitrogens with zero attached hydrogens (tertiary/aromatic N) is 1. The zero-order valence-electron chi connectivity index (χ0n) is 12.8. The molecule has 1 fully saturated rings. The maximum Gasteiger partial charge on any atom is 0.238 e. The third-order valence-electron chi connectivity index (χ3n) is 3.86. The molecule has 0 spiro atoms. The van der Waals surface area contributed by atoms with Crippen LogP contribution in [0.5, 0.6) is 5.75 Å². The molecule has 1 aromatic rings. The predicted molar refractivity (Wildman–Crippen MR) is 92.1 cm³/mol. The summed E-state index contributed by atoms with van der Waals surface area (Å²) in [5.74, 6) is 1.03. The summed E-state index contributed by atoms with van der Waals surface area (Å²) >= 11 is 6.04. The van der Waals surface area contributed by atoms with E-state index in [0.29, 0.717) is 28.9 Å². The van der Waals surface area contributed by atoms with Crippen LogP contribution in [0.1, 0.15) is 13.3 Å². The van der Waals surface area contributed by atoms with E-state index in [1.807, 2.05) is 6.92 Å². The Morgan fingerprint density at radius 3 is 2.86 bits per heavy atom. The van der Waals surface area contributed by atoms with E-state index in [0.717, 1.165) is 19.5 Å². The number of methoxy groups -OCH3 is 1. The van der Waals surface area contributed by atoms with Gasteiger partial charge in [-0.05, 0) is 44.0 Å². The van der Waals surface area contributed by atoms with Gasteiger partial charge in [0.25, 0.3) is 0 Å². The molecule has 2 unspecified atom stereocenters. The number of nitrogens with two attached hydrogens (primary N) is 1. The molecule has 7 heteroatoms. The number of halogens is 2. The van der Waals surface area contributed by atoms with E-state index in [1.54, 1.807) is 25.3 Å². The van der Waals surface area contributed by atoms with Crippen molar-refractivity contribution in [2.24, 2.45) is 11.7 Å². The van der Waals surface area contributed by atoms with Crippen molar-refractivity contribution in [3.8, 4) is 5.75 Å². The van der Waals surface area contributed by atoms with E-state index < -0.39 is 0 Å². The lowest BCUT2D eigenvalue weighted by Crippen LogP contribution is -2.34. The lowest BCUT2D eigenvalue weighted by Gasteiger charge is -2.17. The molecule has 0 aromatic heterocycles. The molecule has 124 valence electrons. The van der Waals surface area contributed by atoms with Gasteiger partial charge in [0.05, 0.1) is 18.7 Å². The molecule has 1 heterocycles. The van der Waals surface area contributed by atoms with Gasteiger partial charge >= 0.3 is 0 Å². The first kappa shape index (κ1) is 19.0. The number of hydrogen-bond donors (Lipinski definition) is 2. The first-order chi connectivity index (χ1) is 9.99. The van der Waals surface area contributed by atoms with Crippen LogP contribution in [0.15, 0.2) is 18.2 Å². The number of rotatable bonds is 5. The summed E-state index contributed by atoms with van der Waals surface area (Å²) in [6, 6.07) is 5.38. The van der Waals surface area contributed by atoms with E-state index >= 15 is 0 Å². The molecule has 1 aliphatic heterocycles. The van der Waals surface area contributed by atoms with Crippen molar-refractivity contribution in [2.45, 2.75) is 19.4 Å². The molecule has 1 saturated heterocycles. The van der Waals surface area contributed by atoms with Crippen LogP contribution in [-0.4, -0.2) is 43.6 Å². The minimum absolute atomic E-state index is 0. The maximum absolute atomic E-state index is 12.1. The van der Waals surface area contributed by atoms with Crippen LogP contribution in [0.2, 0.25) is 5.02 Å². The number of likely N-dealkylation sites (tertiary alicyclic amines) is 1. The quantitative estimate of drug-likeness (QED) is 0.857. The fraction of sp³-hybridized carbons (Fsp3) is 0.533. The van der Waals surface area contributed by atoms with Gasteiger partial charge < -0.3 is 15.8 Å². The maximum atomic E-state index is 12.1. The molecule has 0 radical (unpaired) electrons. The number of ether oxygens (including phenoxy) is 1. The largest absolute Gasteiger partial charge is 0.495 e. The Balaban J connectivity index is 0.00000242. The molecular formula is C15H23Cl2N3O2. The number of benzene rings is 1. The highest BCUT2D eigenvalue weighted by Crippen LogP contribution is 2.27. The molecule has 1 amide bonds. The Hall–Kier alpha value is -1.01. The Morgan fingerprint density at radius 1 is 1.59 bits per heavy atom. The second kappa shape index (κ2) is 8.58. The Kier molecular flexibility index (Phi) is 7.42. The van der Waals surface area contributed by atoms with Crippen LogP contribution in [0.3, 0.4) is 0 Å². The average molecular weight is 348 g/mol. The number of nitrogens with one attached hydrogen (secondary N) is 1. The SMILES string of the molecule is COc1ccc(NC(=O)CN2CCC(C(C)N)C2)cc1Cl.Cl. The minimum Gasteiger partial charge on any atom is -0.495 e. The smallest absolute Gasteiger partial charge is 0.238 e. The van der Waals surface area contributed by atoms with E-state index in [4.69, 9.17) is 22.1 Å². The molecule has 5 nitrogen and oxygen atoms in total. The highest BCUT2D eigenvalue weighted by atomic mass is 35.5. The van der Waals surface area contributed by atoms with Crippen LogP contribution in [0, 0.1) is 5.92 Å². The van der Waals surface area contributed by atoms with Gasteiger partial charge in [0, 0.05) is 18.3 Å². The second-order valence-corrected chi connectivity index (χ2v) is 5.95. The van der Waals surface area contributed by atoms with Crippen molar-refractivity contribution in [1.82, 2.24) is 4.90 Å². The number of amides is 1. The van der Waals surface area contributed by atoms with Gasteiger partial charge in [0.15, 0.2) is 0 Å². The van der Waals surface area contributed by atoms with Crippen molar-refractivity contribution in [1.29, 1.82) is 0 Å². The normalized spacial score (nSPS) is 19.4. The second-order valence-electron chi connectivity index (χ2n) is 5.54. The van der Waals surface area contributed by atoms with Gasteiger partial charge in [0.1, 0.15) is 5.75 Å². The van der Waals surface area contributed by atoms with E-state index in [2.05, 4.69) is 10.2 Å².